The standard InChI is InChI=1S/C15H22BrN3S/c1-4-11(3)19-8-6-12(18-19)10-14(17-5-2)15-13(16)7-9-20-15/h6-9,11,14,17H,4-5,10H2,1-3H3. The van der Waals surface area contributed by atoms with E-state index < -0.39 is 0 Å². The van der Waals surface area contributed by atoms with Crippen molar-refractivity contribution in [1.82, 2.24) is 15.1 Å². The molecular weight excluding hydrogens is 334 g/mol. The van der Waals surface area contributed by atoms with Gasteiger partial charge in [0.1, 0.15) is 0 Å². The van der Waals surface area contributed by atoms with Crippen LogP contribution in [0.25, 0.3) is 0 Å². The van der Waals surface area contributed by atoms with Crippen molar-refractivity contribution in [3.8, 4) is 0 Å². The smallest absolute Gasteiger partial charge is 0.0644 e. The number of halogens is 1. The topological polar surface area (TPSA) is 29.9 Å². The van der Waals surface area contributed by atoms with Crippen LogP contribution in [0.3, 0.4) is 0 Å². The molecule has 0 spiro atoms. The number of hydrogen-bond acceptors (Lipinski definition) is 3. The maximum atomic E-state index is 4.71. The van der Waals surface area contributed by atoms with Gasteiger partial charge in [0.05, 0.1) is 5.69 Å². The molecule has 2 atom stereocenters. The number of thiophene rings is 1. The van der Waals surface area contributed by atoms with Crippen LogP contribution in [-0.2, 0) is 6.42 Å². The molecule has 1 N–H and O–H groups in total. The predicted octanol–water partition coefficient (Wildman–Crippen LogP) is 4.57. The highest BCUT2D eigenvalue weighted by Crippen LogP contribution is 2.31. The van der Waals surface area contributed by atoms with Crippen molar-refractivity contribution < 1.29 is 0 Å². The summed E-state index contributed by atoms with van der Waals surface area (Å²) in [5.41, 5.74) is 1.15. The van der Waals surface area contributed by atoms with Gasteiger partial charge >= 0.3 is 0 Å². The van der Waals surface area contributed by atoms with Gasteiger partial charge in [0.15, 0.2) is 0 Å². The molecule has 2 unspecified atom stereocenters. The van der Waals surface area contributed by atoms with E-state index in [1.165, 1.54) is 9.35 Å². The van der Waals surface area contributed by atoms with Crippen molar-refractivity contribution in [1.29, 1.82) is 0 Å². The lowest BCUT2D eigenvalue weighted by molar-refractivity contribution is 0.467. The average molecular weight is 356 g/mol. The second-order valence-electron chi connectivity index (χ2n) is 4.99. The van der Waals surface area contributed by atoms with Crippen molar-refractivity contribution in [3.63, 3.8) is 0 Å². The summed E-state index contributed by atoms with van der Waals surface area (Å²) in [7, 11) is 0. The molecular formula is C15H22BrN3S. The third kappa shape index (κ3) is 3.71. The first kappa shape index (κ1) is 15.7. The summed E-state index contributed by atoms with van der Waals surface area (Å²) >= 11 is 5.43. The lowest BCUT2D eigenvalue weighted by Crippen LogP contribution is -2.22. The molecule has 0 radical (unpaired) electrons. The van der Waals surface area contributed by atoms with Crippen LogP contribution >= 0.6 is 27.3 Å². The molecule has 0 fully saturated rings. The third-order valence-corrected chi connectivity index (χ3v) is 5.52. The third-order valence-electron chi connectivity index (χ3n) is 3.53. The molecule has 0 saturated heterocycles. The first-order valence-electron chi connectivity index (χ1n) is 7.16. The molecule has 0 aliphatic heterocycles. The number of hydrogen-bond donors (Lipinski definition) is 1. The fourth-order valence-electron chi connectivity index (χ4n) is 2.19. The van der Waals surface area contributed by atoms with Crippen molar-refractivity contribution >= 4 is 27.3 Å². The molecule has 3 nitrogen and oxygen atoms in total. The Morgan fingerprint density at radius 1 is 1.40 bits per heavy atom. The molecule has 2 aromatic heterocycles. The van der Waals surface area contributed by atoms with Crippen LogP contribution in [0.15, 0.2) is 28.2 Å². The van der Waals surface area contributed by atoms with E-state index in [0.717, 1.165) is 25.1 Å². The van der Waals surface area contributed by atoms with Gasteiger partial charge in [-0.25, -0.2) is 0 Å². The molecule has 5 heteroatoms. The molecule has 0 aromatic carbocycles. The quantitative estimate of drug-likeness (QED) is 0.788. The monoisotopic (exact) mass is 355 g/mol. The molecule has 0 aliphatic rings. The number of nitrogens with zero attached hydrogens (tertiary/aromatic N) is 2. The Balaban J connectivity index is 2.12. The van der Waals surface area contributed by atoms with Crippen LogP contribution in [0.2, 0.25) is 0 Å². The zero-order valence-corrected chi connectivity index (χ0v) is 14.7. The number of nitrogens with one attached hydrogen (secondary N) is 1. The minimum absolute atomic E-state index is 0.328. The zero-order chi connectivity index (χ0) is 14.5. The van der Waals surface area contributed by atoms with Gasteiger partial charge in [-0.3, -0.25) is 4.68 Å². The molecule has 0 saturated carbocycles. The zero-order valence-electron chi connectivity index (χ0n) is 12.3. The summed E-state index contributed by atoms with van der Waals surface area (Å²) in [6.45, 7) is 7.50. The Hall–Kier alpha value is -0.650. The fourth-order valence-corrected chi connectivity index (χ4v) is 3.91. The minimum atomic E-state index is 0.328. The molecule has 110 valence electrons. The van der Waals surface area contributed by atoms with Crippen molar-refractivity contribution in [2.24, 2.45) is 0 Å². The predicted molar refractivity (Wildman–Crippen MR) is 89.4 cm³/mol. The summed E-state index contributed by atoms with van der Waals surface area (Å²) in [5, 5.41) is 10.4. The first-order valence-corrected chi connectivity index (χ1v) is 8.83. The van der Waals surface area contributed by atoms with Crippen LogP contribution in [-0.4, -0.2) is 16.3 Å². The van der Waals surface area contributed by atoms with Gasteiger partial charge in [-0.15, -0.1) is 11.3 Å². The fraction of sp³-hybridized carbons (Fsp3) is 0.533. The lowest BCUT2D eigenvalue weighted by atomic mass is 10.1. The highest BCUT2D eigenvalue weighted by molar-refractivity contribution is 9.10. The second kappa shape index (κ2) is 7.38. The Kier molecular flexibility index (Phi) is 5.81. The highest BCUT2D eigenvalue weighted by atomic mass is 79.9. The van der Waals surface area contributed by atoms with E-state index in [4.69, 9.17) is 5.10 Å². The van der Waals surface area contributed by atoms with Crippen LogP contribution in [0.4, 0.5) is 0 Å². The SMILES string of the molecule is CCNC(Cc1ccn(C(C)CC)n1)c1sccc1Br. The van der Waals surface area contributed by atoms with Gasteiger partial charge in [0.25, 0.3) is 0 Å². The van der Waals surface area contributed by atoms with E-state index in [1.54, 1.807) is 11.3 Å². The van der Waals surface area contributed by atoms with E-state index >= 15 is 0 Å². The number of rotatable bonds is 7. The van der Waals surface area contributed by atoms with Crippen LogP contribution in [0, 0.1) is 0 Å². The van der Waals surface area contributed by atoms with Crippen LogP contribution < -0.4 is 5.32 Å². The van der Waals surface area contributed by atoms with E-state index in [9.17, 15) is 0 Å². The largest absolute Gasteiger partial charge is 0.309 e. The van der Waals surface area contributed by atoms with Gasteiger partial charge in [0, 0.05) is 34.1 Å². The molecule has 0 aliphatic carbocycles. The van der Waals surface area contributed by atoms with Crippen LogP contribution in [0.5, 0.6) is 0 Å². The molecule has 2 rings (SSSR count). The summed E-state index contributed by atoms with van der Waals surface area (Å²) in [4.78, 5) is 1.35. The van der Waals surface area contributed by atoms with E-state index in [0.29, 0.717) is 12.1 Å². The second-order valence-corrected chi connectivity index (χ2v) is 6.79. The van der Waals surface area contributed by atoms with Gasteiger partial charge in [0.2, 0.25) is 0 Å². The Bertz CT molecular complexity index is 535. The molecule has 0 amide bonds. The minimum Gasteiger partial charge on any atom is -0.309 e. The van der Waals surface area contributed by atoms with Crippen LogP contribution in [0.1, 0.15) is 49.8 Å². The summed E-state index contributed by atoms with van der Waals surface area (Å²) in [6.07, 6.45) is 4.13. The van der Waals surface area contributed by atoms with Gasteiger partial charge in [-0.2, -0.15) is 5.10 Å². The average Bonchev–Trinajstić information content (AvgIpc) is 3.06. The summed E-state index contributed by atoms with van der Waals surface area (Å²) in [5.74, 6) is 0. The van der Waals surface area contributed by atoms with Crippen molar-refractivity contribution in [2.45, 2.75) is 45.7 Å². The first-order chi connectivity index (χ1) is 9.65. The highest BCUT2D eigenvalue weighted by Gasteiger charge is 2.17. The van der Waals surface area contributed by atoms with Gasteiger partial charge < -0.3 is 5.32 Å². The van der Waals surface area contributed by atoms with E-state index in [1.807, 2.05) is 0 Å². The lowest BCUT2D eigenvalue weighted by Gasteiger charge is -2.16. The molecule has 20 heavy (non-hydrogen) atoms. The van der Waals surface area contributed by atoms with Crippen molar-refractivity contribution in [2.75, 3.05) is 6.54 Å². The Labute approximate surface area is 133 Å². The Morgan fingerprint density at radius 2 is 2.20 bits per heavy atom. The van der Waals surface area contributed by atoms with Gasteiger partial charge in [-0.1, -0.05) is 13.8 Å². The maximum Gasteiger partial charge on any atom is 0.0644 e. The van der Waals surface area contributed by atoms with E-state index in [2.05, 4.69) is 70.4 Å². The summed E-state index contributed by atoms with van der Waals surface area (Å²) in [6, 6.07) is 5.05. The molecule has 2 heterocycles. The van der Waals surface area contributed by atoms with E-state index in [-0.39, 0.29) is 0 Å². The summed E-state index contributed by atoms with van der Waals surface area (Å²) < 4.78 is 3.26. The normalized spacial score (nSPS) is 14.4. The number of likely N-dealkylation sites (N-methyl/N-ethyl adjacent to an activating group) is 1. The molecule has 0 bridgehead atoms. The molecule has 2 aromatic rings. The maximum absolute atomic E-state index is 4.71. The number of aromatic nitrogens is 2. The Morgan fingerprint density at radius 3 is 2.80 bits per heavy atom. The van der Waals surface area contributed by atoms with Crippen molar-refractivity contribution in [3.05, 3.63) is 38.8 Å². The van der Waals surface area contributed by atoms with Gasteiger partial charge in [-0.05, 0) is 53.3 Å².